The SMILES string of the molecule is CS(=O)(=O)NC(=O)c1ccc(-c2cnc(N)c(-c3ccc(Cl)cc3)c2)cc1. The maximum absolute atomic E-state index is 11.9. The van der Waals surface area contributed by atoms with Gasteiger partial charge in [-0.1, -0.05) is 35.9 Å². The van der Waals surface area contributed by atoms with Crippen LogP contribution in [0.4, 0.5) is 5.82 Å². The number of pyridine rings is 1. The number of hydrogen-bond donors (Lipinski definition) is 2. The van der Waals surface area contributed by atoms with Gasteiger partial charge in [0.05, 0.1) is 6.26 Å². The number of nitrogens with zero attached hydrogens (tertiary/aromatic N) is 1. The number of anilines is 1. The molecule has 0 spiro atoms. The predicted octanol–water partition coefficient (Wildman–Crippen LogP) is 3.34. The minimum atomic E-state index is -3.61. The van der Waals surface area contributed by atoms with Gasteiger partial charge in [-0.25, -0.2) is 18.1 Å². The van der Waals surface area contributed by atoms with E-state index in [1.165, 1.54) is 0 Å². The first-order valence-corrected chi connectivity index (χ1v) is 10.1. The Hall–Kier alpha value is -2.90. The van der Waals surface area contributed by atoms with Crippen molar-refractivity contribution in [3.8, 4) is 22.3 Å². The van der Waals surface area contributed by atoms with E-state index in [1.54, 1.807) is 42.6 Å². The standard InChI is InChI=1S/C19H16ClN3O3S/c1-27(25,26)23-19(24)14-4-2-12(3-5-14)15-10-17(18(21)22-11-15)13-6-8-16(20)9-7-13/h2-11H,1H3,(H2,21,22)(H,23,24). The minimum Gasteiger partial charge on any atom is -0.383 e. The molecule has 138 valence electrons. The van der Waals surface area contributed by atoms with Crippen molar-refractivity contribution >= 4 is 33.3 Å². The van der Waals surface area contributed by atoms with Crippen molar-refractivity contribution in [3.63, 3.8) is 0 Å². The van der Waals surface area contributed by atoms with Gasteiger partial charge in [0.15, 0.2) is 0 Å². The molecule has 0 fully saturated rings. The Labute approximate surface area is 162 Å². The van der Waals surface area contributed by atoms with Crippen molar-refractivity contribution < 1.29 is 13.2 Å². The van der Waals surface area contributed by atoms with E-state index in [1.807, 2.05) is 22.9 Å². The first kappa shape index (κ1) is 18.9. The second kappa shape index (κ2) is 7.38. The van der Waals surface area contributed by atoms with Crippen LogP contribution in [0.25, 0.3) is 22.3 Å². The van der Waals surface area contributed by atoms with Crippen LogP contribution in [0.15, 0.2) is 60.8 Å². The van der Waals surface area contributed by atoms with Gasteiger partial charge in [-0.3, -0.25) is 4.79 Å². The first-order valence-electron chi connectivity index (χ1n) is 7.87. The highest BCUT2D eigenvalue weighted by Gasteiger charge is 2.12. The van der Waals surface area contributed by atoms with Crippen LogP contribution >= 0.6 is 11.6 Å². The summed E-state index contributed by atoms with van der Waals surface area (Å²) in [5, 5.41) is 0.629. The third kappa shape index (κ3) is 4.64. The molecular formula is C19H16ClN3O3S. The summed E-state index contributed by atoms with van der Waals surface area (Å²) in [5.41, 5.74) is 9.52. The molecule has 0 aliphatic rings. The molecule has 0 aliphatic carbocycles. The van der Waals surface area contributed by atoms with Crippen LogP contribution in [-0.4, -0.2) is 25.6 Å². The van der Waals surface area contributed by atoms with Crippen LogP contribution in [0, 0.1) is 0 Å². The highest BCUT2D eigenvalue weighted by molar-refractivity contribution is 7.89. The molecule has 0 unspecified atom stereocenters. The smallest absolute Gasteiger partial charge is 0.264 e. The average Bonchev–Trinajstić information content (AvgIpc) is 2.62. The summed E-state index contributed by atoms with van der Waals surface area (Å²) in [6, 6.07) is 15.7. The number of nitrogens with one attached hydrogen (secondary N) is 1. The van der Waals surface area contributed by atoms with E-state index in [2.05, 4.69) is 4.98 Å². The Balaban J connectivity index is 1.92. The number of benzene rings is 2. The lowest BCUT2D eigenvalue weighted by atomic mass is 10.0. The summed E-state index contributed by atoms with van der Waals surface area (Å²) in [6.45, 7) is 0. The van der Waals surface area contributed by atoms with E-state index in [0.29, 0.717) is 10.8 Å². The summed E-state index contributed by atoms with van der Waals surface area (Å²) in [4.78, 5) is 16.1. The number of aromatic nitrogens is 1. The molecule has 8 heteroatoms. The molecule has 3 N–H and O–H groups in total. The topological polar surface area (TPSA) is 102 Å². The number of halogens is 1. The summed E-state index contributed by atoms with van der Waals surface area (Å²) in [7, 11) is -3.61. The average molecular weight is 402 g/mol. The molecule has 1 aromatic heterocycles. The van der Waals surface area contributed by atoms with Gasteiger partial charge in [-0.2, -0.15) is 0 Å². The van der Waals surface area contributed by atoms with E-state index in [0.717, 1.165) is 28.5 Å². The zero-order chi connectivity index (χ0) is 19.6. The molecule has 0 aliphatic heterocycles. The van der Waals surface area contributed by atoms with Gasteiger partial charge in [0.2, 0.25) is 10.0 Å². The van der Waals surface area contributed by atoms with Gasteiger partial charge < -0.3 is 5.73 Å². The molecule has 1 heterocycles. The highest BCUT2D eigenvalue weighted by atomic mass is 35.5. The second-order valence-electron chi connectivity index (χ2n) is 5.94. The molecule has 3 rings (SSSR count). The van der Waals surface area contributed by atoms with Gasteiger partial charge in [0, 0.05) is 27.9 Å². The number of hydrogen-bond acceptors (Lipinski definition) is 5. The van der Waals surface area contributed by atoms with Crippen molar-refractivity contribution in [1.82, 2.24) is 9.71 Å². The molecule has 1 amide bonds. The van der Waals surface area contributed by atoms with Crippen molar-refractivity contribution in [2.24, 2.45) is 0 Å². The molecule has 2 aromatic carbocycles. The maximum Gasteiger partial charge on any atom is 0.264 e. The normalized spacial score (nSPS) is 11.2. The number of rotatable bonds is 4. The van der Waals surface area contributed by atoms with Crippen molar-refractivity contribution in [3.05, 3.63) is 71.4 Å². The molecule has 6 nitrogen and oxygen atoms in total. The van der Waals surface area contributed by atoms with Gasteiger partial charge in [-0.05, 0) is 41.5 Å². The van der Waals surface area contributed by atoms with Crippen LogP contribution in [0.2, 0.25) is 5.02 Å². The van der Waals surface area contributed by atoms with Crippen LogP contribution in [0.1, 0.15) is 10.4 Å². The van der Waals surface area contributed by atoms with E-state index >= 15 is 0 Å². The third-order valence-corrected chi connectivity index (χ3v) is 4.64. The quantitative estimate of drug-likeness (QED) is 0.698. The molecule has 27 heavy (non-hydrogen) atoms. The van der Waals surface area contributed by atoms with E-state index in [9.17, 15) is 13.2 Å². The minimum absolute atomic E-state index is 0.241. The van der Waals surface area contributed by atoms with Gasteiger partial charge in [-0.15, -0.1) is 0 Å². The lowest BCUT2D eigenvalue weighted by Gasteiger charge is -2.09. The van der Waals surface area contributed by atoms with E-state index in [-0.39, 0.29) is 5.56 Å². The summed E-state index contributed by atoms with van der Waals surface area (Å²) >= 11 is 5.93. The van der Waals surface area contributed by atoms with Crippen LogP contribution in [-0.2, 0) is 10.0 Å². The second-order valence-corrected chi connectivity index (χ2v) is 8.13. The van der Waals surface area contributed by atoms with Crippen molar-refractivity contribution in [2.75, 3.05) is 12.0 Å². The molecule has 0 saturated heterocycles. The van der Waals surface area contributed by atoms with Crippen LogP contribution < -0.4 is 10.5 Å². The zero-order valence-electron chi connectivity index (χ0n) is 14.3. The zero-order valence-corrected chi connectivity index (χ0v) is 15.9. The Bertz CT molecular complexity index is 1100. The largest absolute Gasteiger partial charge is 0.383 e. The molecule has 0 saturated carbocycles. The maximum atomic E-state index is 11.9. The number of nitrogen functional groups attached to an aromatic ring is 1. The molecule has 0 atom stereocenters. The predicted molar refractivity (Wildman–Crippen MR) is 107 cm³/mol. The Morgan fingerprint density at radius 1 is 1.00 bits per heavy atom. The van der Waals surface area contributed by atoms with Gasteiger partial charge >= 0.3 is 0 Å². The van der Waals surface area contributed by atoms with Gasteiger partial charge in [0.1, 0.15) is 5.82 Å². The van der Waals surface area contributed by atoms with Gasteiger partial charge in [0.25, 0.3) is 5.91 Å². The first-order chi connectivity index (χ1) is 12.7. The number of sulfonamides is 1. The molecule has 0 radical (unpaired) electrons. The third-order valence-electron chi connectivity index (χ3n) is 3.83. The fraction of sp³-hybridized carbons (Fsp3) is 0.0526. The fourth-order valence-corrected chi connectivity index (χ4v) is 3.12. The van der Waals surface area contributed by atoms with Crippen molar-refractivity contribution in [2.45, 2.75) is 0 Å². The Morgan fingerprint density at radius 3 is 2.19 bits per heavy atom. The summed E-state index contributed by atoms with van der Waals surface area (Å²) < 4.78 is 24.3. The summed E-state index contributed by atoms with van der Waals surface area (Å²) in [6.07, 6.45) is 2.57. The fourth-order valence-electron chi connectivity index (χ4n) is 2.54. The highest BCUT2D eigenvalue weighted by Crippen LogP contribution is 2.30. The molecule has 3 aromatic rings. The van der Waals surface area contributed by atoms with Crippen molar-refractivity contribution in [1.29, 1.82) is 0 Å². The molecular weight excluding hydrogens is 386 g/mol. The van der Waals surface area contributed by atoms with E-state index in [4.69, 9.17) is 17.3 Å². The number of nitrogens with two attached hydrogens (primary N) is 1. The number of carbonyl (C=O) groups is 1. The number of amides is 1. The summed E-state index contributed by atoms with van der Waals surface area (Å²) in [5.74, 6) is -0.286. The molecule has 0 bridgehead atoms. The Morgan fingerprint density at radius 2 is 1.59 bits per heavy atom. The number of carbonyl (C=O) groups excluding carboxylic acids is 1. The monoisotopic (exact) mass is 401 g/mol. The van der Waals surface area contributed by atoms with Crippen LogP contribution in [0.5, 0.6) is 0 Å². The Kier molecular flexibility index (Phi) is 5.16. The van der Waals surface area contributed by atoms with E-state index < -0.39 is 15.9 Å². The van der Waals surface area contributed by atoms with Crippen LogP contribution in [0.3, 0.4) is 0 Å². The lowest BCUT2D eigenvalue weighted by molar-refractivity contribution is 0.0981. The lowest BCUT2D eigenvalue weighted by Crippen LogP contribution is -2.29.